The minimum Gasteiger partial charge on any atom is -0.484 e. The van der Waals surface area contributed by atoms with Crippen molar-refractivity contribution in [3.8, 4) is 5.75 Å². The second kappa shape index (κ2) is 10.1. The molecule has 32 heavy (non-hydrogen) atoms. The first-order chi connectivity index (χ1) is 15.6. The van der Waals surface area contributed by atoms with E-state index in [1.807, 2.05) is 42.5 Å². The number of aromatic nitrogens is 4. The average molecular weight is 499 g/mol. The van der Waals surface area contributed by atoms with Crippen molar-refractivity contribution in [2.45, 2.75) is 6.54 Å². The van der Waals surface area contributed by atoms with Gasteiger partial charge in [-0.05, 0) is 38.8 Å². The molecule has 0 radical (unpaired) electrons. The first kappa shape index (κ1) is 21.5. The maximum Gasteiger partial charge on any atom is 0.316 e. The smallest absolute Gasteiger partial charge is 0.316 e. The Morgan fingerprint density at radius 3 is 2.72 bits per heavy atom. The van der Waals surface area contributed by atoms with Crippen molar-refractivity contribution < 1.29 is 18.8 Å². The minimum absolute atomic E-state index is 0.122. The first-order valence-corrected chi connectivity index (χ1v) is 10.5. The number of ether oxygens (including phenoxy) is 1. The Morgan fingerprint density at radius 2 is 1.91 bits per heavy atom. The zero-order chi connectivity index (χ0) is 22.3. The van der Waals surface area contributed by atoms with Crippen LogP contribution in [0.3, 0.4) is 0 Å². The van der Waals surface area contributed by atoms with E-state index in [1.165, 1.54) is 0 Å². The molecule has 0 spiro atoms. The highest BCUT2D eigenvalue weighted by atomic mass is 79.9. The van der Waals surface area contributed by atoms with E-state index in [1.54, 1.807) is 17.1 Å². The number of benzene rings is 2. The Balaban J connectivity index is 1.16. The molecule has 2 heterocycles. The van der Waals surface area contributed by atoms with Gasteiger partial charge >= 0.3 is 11.8 Å². The Hall–Kier alpha value is -3.73. The average Bonchev–Trinajstić information content (AvgIpc) is 3.44. The molecule has 0 bridgehead atoms. The molecule has 2 aromatic heterocycles. The summed E-state index contributed by atoms with van der Waals surface area (Å²) in [6, 6.07) is 13.5. The van der Waals surface area contributed by atoms with Crippen molar-refractivity contribution in [1.82, 2.24) is 30.6 Å². The Bertz CT molecular complexity index is 1240. The zero-order valence-corrected chi connectivity index (χ0v) is 18.4. The van der Waals surface area contributed by atoms with Crippen molar-refractivity contribution in [3.05, 3.63) is 71.0 Å². The number of carbonyl (C=O) groups excluding carboxylic acids is 2. The molecule has 0 fully saturated rings. The van der Waals surface area contributed by atoms with Crippen LogP contribution in [0, 0.1) is 0 Å². The molecule has 0 aliphatic heterocycles. The molecule has 2 amide bonds. The van der Waals surface area contributed by atoms with E-state index in [-0.39, 0.29) is 38.0 Å². The summed E-state index contributed by atoms with van der Waals surface area (Å²) in [7, 11) is 0. The standard InChI is InChI=1S/C21H19BrN6O4/c22-16-10-25-28(11-16)12-18-26-21(32-27-18)20(30)24-8-7-23-19(29)13-31-17-6-5-14-3-1-2-4-15(14)9-17/h1-6,9-11H,7-8,12-13H2,(H,23,29)(H,24,30). The van der Waals surface area contributed by atoms with Crippen LogP contribution in [0.1, 0.15) is 16.5 Å². The normalized spacial score (nSPS) is 10.8. The summed E-state index contributed by atoms with van der Waals surface area (Å²) < 4.78 is 12.9. The van der Waals surface area contributed by atoms with E-state index < -0.39 is 5.91 Å². The quantitative estimate of drug-likeness (QED) is 0.338. The Labute approximate surface area is 191 Å². The third-order valence-corrected chi connectivity index (χ3v) is 4.80. The van der Waals surface area contributed by atoms with E-state index in [0.29, 0.717) is 11.6 Å². The summed E-state index contributed by atoms with van der Waals surface area (Å²) in [6.07, 6.45) is 3.39. The van der Waals surface area contributed by atoms with Crippen LogP contribution in [0.5, 0.6) is 5.75 Å². The maximum absolute atomic E-state index is 12.1. The van der Waals surface area contributed by atoms with Crippen molar-refractivity contribution in [2.75, 3.05) is 19.7 Å². The second-order valence-corrected chi connectivity index (χ2v) is 7.69. The van der Waals surface area contributed by atoms with Crippen LogP contribution in [0.25, 0.3) is 10.8 Å². The number of hydrogen-bond donors (Lipinski definition) is 2. The summed E-state index contributed by atoms with van der Waals surface area (Å²) in [5.41, 5.74) is 0. The van der Waals surface area contributed by atoms with Gasteiger partial charge in [0.05, 0.1) is 10.7 Å². The molecule has 2 aromatic carbocycles. The fourth-order valence-electron chi connectivity index (χ4n) is 2.89. The lowest BCUT2D eigenvalue weighted by Crippen LogP contribution is -2.36. The van der Waals surface area contributed by atoms with E-state index in [2.05, 4.69) is 41.8 Å². The zero-order valence-electron chi connectivity index (χ0n) is 16.8. The second-order valence-electron chi connectivity index (χ2n) is 6.78. The molecule has 0 saturated heterocycles. The van der Waals surface area contributed by atoms with E-state index in [0.717, 1.165) is 15.2 Å². The monoisotopic (exact) mass is 498 g/mol. The van der Waals surface area contributed by atoms with Crippen LogP contribution in [0.2, 0.25) is 0 Å². The van der Waals surface area contributed by atoms with Crippen LogP contribution in [-0.2, 0) is 11.3 Å². The molecule has 0 aliphatic carbocycles. The number of nitrogens with zero attached hydrogens (tertiary/aromatic N) is 4. The summed E-state index contributed by atoms with van der Waals surface area (Å²) in [4.78, 5) is 28.1. The predicted octanol–water partition coefficient (Wildman–Crippen LogP) is 2.16. The Morgan fingerprint density at radius 1 is 1.09 bits per heavy atom. The lowest BCUT2D eigenvalue weighted by Gasteiger charge is -2.08. The van der Waals surface area contributed by atoms with Gasteiger partial charge in [-0.3, -0.25) is 14.3 Å². The van der Waals surface area contributed by atoms with Gasteiger partial charge in [0.15, 0.2) is 12.4 Å². The van der Waals surface area contributed by atoms with Gasteiger partial charge in [0.1, 0.15) is 12.3 Å². The molecule has 10 nitrogen and oxygen atoms in total. The molecule has 2 N–H and O–H groups in total. The topological polar surface area (TPSA) is 124 Å². The SMILES string of the molecule is O=C(COc1ccc2ccccc2c1)NCCNC(=O)c1nc(Cn2cc(Br)cn2)no1. The molecule has 0 aliphatic rings. The van der Waals surface area contributed by atoms with Gasteiger partial charge in [-0.15, -0.1) is 0 Å². The summed E-state index contributed by atoms with van der Waals surface area (Å²) in [5, 5.41) is 15.3. The van der Waals surface area contributed by atoms with Gasteiger partial charge in [-0.25, -0.2) is 0 Å². The van der Waals surface area contributed by atoms with Gasteiger partial charge < -0.3 is 19.9 Å². The highest BCUT2D eigenvalue weighted by Gasteiger charge is 2.15. The number of nitrogens with one attached hydrogen (secondary N) is 2. The molecule has 0 atom stereocenters. The van der Waals surface area contributed by atoms with Crippen LogP contribution in [-0.4, -0.2) is 51.4 Å². The van der Waals surface area contributed by atoms with Crippen LogP contribution < -0.4 is 15.4 Å². The van der Waals surface area contributed by atoms with Crippen LogP contribution >= 0.6 is 15.9 Å². The third-order valence-electron chi connectivity index (χ3n) is 4.39. The highest BCUT2D eigenvalue weighted by Crippen LogP contribution is 2.20. The summed E-state index contributed by atoms with van der Waals surface area (Å²) in [5.74, 6) is -0.0335. The van der Waals surface area contributed by atoms with Crippen molar-refractivity contribution >= 4 is 38.5 Å². The minimum atomic E-state index is -0.521. The number of carbonyl (C=O) groups is 2. The molecular weight excluding hydrogens is 480 g/mol. The van der Waals surface area contributed by atoms with E-state index in [4.69, 9.17) is 9.26 Å². The Kier molecular flexibility index (Phi) is 6.75. The highest BCUT2D eigenvalue weighted by molar-refractivity contribution is 9.10. The molecule has 4 rings (SSSR count). The van der Waals surface area contributed by atoms with Gasteiger partial charge in [0, 0.05) is 19.3 Å². The maximum atomic E-state index is 12.1. The van der Waals surface area contributed by atoms with Crippen molar-refractivity contribution in [2.24, 2.45) is 0 Å². The first-order valence-electron chi connectivity index (χ1n) is 9.74. The third kappa shape index (κ3) is 5.70. The van der Waals surface area contributed by atoms with E-state index >= 15 is 0 Å². The fraction of sp³-hybridized carbons (Fsp3) is 0.190. The van der Waals surface area contributed by atoms with Crippen molar-refractivity contribution in [1.29, 1.82) is 0 Å². The molecule has 0 unspecified atom stereocenters. The number of hydrogen-bond acceptors (Lipinski definition) is 7. The molecular formula is C21H19BrN6O4. The fourth-order valence-corrected chi connectivity index (χ4v) is 3.22. The van der Waals surface area contributed by atoms with Gasteiger partial charge in [0.25, 0.3) is 5.91 Å². The largest absolute Gasteiger partial charge is 0.484 e. The van der Waals surface area contributed by atoms with E-state index in [9.17, 15) is 9.59 Å². The molecule has 4 aromatic rings. The number of amides is 2. The number of rotatable bonds is 9. The lowest BCUT2D eigenvalue weighted by atomic mass is 10.1. The van der Waals surface area contributed by atoms with Gasteiger partial charge in [-0.1, -0.05) is 35.5 Å². The number of fused-ring (bicyclic) bond motifs is 1. The van der Waals surface area contributed by atoms with Crippen LogP contribution in [0.4, 0.5) is 0 Å². The molecule has 0 saturated carbocycles. The number of halogens is 1. The summed E-state index contributed by atoms with van der Waals surface area (Å²) >= 11 is 3.30. The molecule has 11 heteroatoms. The predicted molar refractivity (Wildman–Crippen MR) is 118 cm³/mol. The van der Waals surface area contributed by atoms with Gasteiger partial charge in [-0.2, -0.15) is 10.1 Å². The van der Waals surface area contributed by atoms with Gasteiger partial charge in [0.2, 0.25) is 0 Å². The lowest BCUT2D eigenvalue weighted by molar-refractivity contribution is -0.123. The van der Waals surface area contributed by atoms with Crippen molar-refractivity contribution in [3.63, 3.8) is 0 Å². The summed E-state index contributed by atoms with van der Waals surface area (Å²) in [6.45, 7) is 0.580. The van der Waals surface area contributed by atoms with Crippen LogP contribution in [0.15, 0.2) is 63.9 Å². The molecule has 164 valence electrons.